The van der Waals surface area contributed by atoms with Crippen molar-refractivity contribution in [3.63, 3.8) is 0 Å². The van der Waals surface area contributed by atoms with Gasteiger partial charge in [-0.15, -0.1) is 0 Å². The zero-order valence-corrected chi connectivity index (χ0v) is 9.10. The van der Waals surface area contributed by atoms with Gasteiger partial charge in [0.2, 0.25) is 0 Å². The highest BCUT2D eigenvalue weighted by atomic mass is 16.4. The summed E-state index contributed by atoms with van der Waals surface area (Å²) in [6.45, 7) is 2.44. The second kappa shape index (κ2) is 5.89. The van der Waals surface area contributed by atoms with E-state index in [1.54, 1.807) is 12.1 Å². The van der Waals surface area contributed by atoms with E-state index in [1.165, 1.54) is 0 Å². The number of hydrogen-bond donors (Lipinski definition) is 2. The summed E-state index contributed by atoms with van der Waals surface area (Å²) < 4.78 is 0. The third-order valence-electron chi connectivity index (χ3n) is 2.22. The monoisotopic (exact) mass is 218 g/mol. The number of nitriles is 1. The Kier molecular flexibility index (Phi) is 4.49. The number of nitrogens with zero attached hydrogens (tertiary/aromatic N) is 1. The van der Waals surface area contributed by atoms with Crippen LogP contribution in [0.4, 0.5) is 0 Å². The van der Waals surface area contributed by atoms with E-state index in [-0.39, 0.29) is 12.5 Å². The highest BCUT2D eigenvalue weighted by Crippen LogP contribution is 2.03. The molecule has 4 heteroatoms. The maximum Gasteiger partial charge on any atom is 0.304 e. The zero-order chi connectivity index (χ0) is 12.0. The van der Waals surface area contributed by atoms with Crippen molar-refractivity contribution in [2.75, 3.05) is 0 Å². The van der Waals surface area contributed by atoms with Crippen LogP contribution in [-0.2, 0) is 11.3 Å². The van der Waals surface area contributed by atoms with E-state index in [4.69, 9.17) is 10.4 Å². The second-order valence-corrected chi connectivity index (χ2v) is 3.69. The van der Waals surface area contributed by atoms with Gasteiger partial charge in [0.25, 0.3) is 0 Å². The summed E-state index contributed by atoms with van der Waals surface area (Å²) >= 11 is 0. The van der Waals surface area contributed by atoms with Gasteiger partial charge in [0, 0.05) is 12.6 Å². The van der Waals surface area contributed by atoms with Crippen molar-refractivity contribution in [2.45, 2.75) is 25.9 Å². The fraction of sp³-hybridized carbons (Fsp3) is 0.333. The van der Waals surface area contributed by atoms with Crippen molar-refractivity contribution >= 4 is 5.97 Å². The minimum absolute atomic E-state index is 0.0619. The summed E-state index contributed by atoms with van der Waals surface area (Å²) in [5.41, 5.74) is 1.67. The molecule has 0 radical (unpaired) electrons. The molecule has 0 saturated carbocycles. The lowest BCUT2D eigenvalue weighted by Gasteiger charge is -2.11. The summed E-state index contributed by atoms with van der Waals surface area (Å²) in [5.74, 6) is -0.806. The first-order valence-corrected chi connectivity index (χ1v) is 5.06. The lowest BCUT2D eigenvalue weighted by molar-refractivity contribution is -0.137. The normalized spacial score (nSPS) is 11.8. The minimum atomic E-state index is -0.806. The van der Waals surface area contributed by atoms with Crippen molar-refractivity contribution in [3.05, 3.63) is 35.4 Å². The second-order valence-electron chi connectivity index (χ2n) is 3.69. The summed E-state index contributed by atoms with van der Waals surface area (Å²) in [6, 6.07) is 9.20. The van der Waals surface area contributed by atoms with E-state index in [0.717, 1.165) is 5.56 Å². The Morgan fingerprint density at radius 3 is 2.62 bits per heavy atom. The van der Waals surface area contributed by atoms with Crippen LogP contribution < -0.4 is 5.32 Å². The molecule has 0 bridgehead atoms. The van der Waals surface area contributed by atoms with Gasteiger partial charge in [-0.1, -0.05) is 12.1 Å². The van der Waals surface area contributed by atoms with Crippen molar-refractivity contribution < 1.29 is 9.90 Å². The van der Waals surface area contributed by atoms with Crippen LogP contribution in [0, 0.1) is 11.3 Å². The summed E-state index contributed by atoms with van der Waals surface area (Å²) in [7, 11) is 0. The molecule has 0 aromatic heterocycles. The summed E-state index contributed by atoms with van der Waals surface area (Å²) in [4.78, 5) is 10.4. The molecule has 0 saturated heterocycles. The molecule has 1 unspecified atom stereocenters. The van der Waals surface area contributed by atoms with Crippen molar-refractivity contribution in [1.29, 1.82) is 5.26 Å². The maximum absolute atomic E-state index is 10.4. The molecular weight excluding hydrogens is 204 g/mol. The first-order valence-electron chi connectivity index (χ1n) is 5.06. The number of hydrogen-bond acceptors (Lipinski definition) is 3. The average Bonchev–Trinajstić information content (AvgIpc) is 2.26. The predicted molar refractivity (Wildman–Crippen MR) is 59.7 cm³/mol. The van der Waals surface area contributed by atoms with E-state index < -0.39 is 5.97 Å². The third kappa shape index (κ3) is 4.11. The molecule has 16 heavy (non-hydrogen) atoms. The highest BCUT2D eigenvalue weighted by molar-refractivity contribution is 5.67. The van der Waals surface area contributed by atoms with Crippen LogP contribution in [-0.4, -0.2) is 17.1 Å². The zero-order valence-electron chi connectivity index (χ0n) is 9.10. The molecule has 84 valence electrons. The van der Waals surface area contributed by atoms with Crippen molar-refractivity contribution in [1.82, 2.24) is 5.32 Å². The molecule has 0 heterocycles. The molecule has 0 aliphatic rings. The quantitative estimate of drug-likeness (QED) is 0.785. The van der Waals surface area contributed by atoms with Gasteiger partial charge in [-0.25, -0.2) is 0 Å². The molecule has 4 nitrogen and oxygen atoms in total. The smallest absolute Gasteiger partial charge is 0.304 e. The van der Waals surface area contributed by atoms with E-state index in [1.807, 2.05) is 25.1 Å². The van der Waals surface area contributed by atoms with Gasteiger partial charge >= 0.3 is 5.97 Å². The molecular formula is C12H14N2O2. The first-order chi connectivity index (χ1) is 7.61. The standard InChI is InChI=1S/C12H14N2O2/c1-9(6-12(15)16)14-8-11-4-2-10(7-13)3-5-11/h2-5,9,14H,6,8H2,1H3,(H,15,16). The number of aliphatic carboxylic acids is 1. The van der Waals surface area contributed by atoms with Gasteiger partial charge < -0.3 is 10.4 Å². The van der Waals surface area contributed by atoms with Crippen LogP contribution in [0.3, 0.4) is 0 Å². The number of carboxylic acid groups (broad SMARTS) is 1. The number of carbonyl (C=O) groups is 1. The Bertz CT molecular complexity index is 392. The van der Waals surface area contributed by atoms with Crippen LogP contribution in [0.25, 0.3) is 0 Å². The Balaban J connectivity index is 2.43. The SMILES string of the molecule is CC(CC(=O)O)NCc1ccc(C#N)cc1. The molecule has 1 aromatic carbocycles. The Morgan fingerprint density at radius 1 is 1.50 bits per heavy atom. The van der Waals surface area contributed by atoms with Crippen LogP contribution in [0.2, 0.25) is 0 Å². The van der Waals surface area contributed by atoms with Gasteiger partial charge in [-0.05, 0) is 24.6 Å². The number of nitrogens with one attached hydrogen (secondary N) is 1. The average molecular weight is 218 g/mol. The molecule has 1 rings (SSSR count). The third-order valence-corrected chi connectivity index (χ3v) is 2.22. The molecule has 1 atom stereocenters. The molecule has 0 aliphatic carbocycles. The van der Waals surface area contributed by atoms with Crippen LogP contribution in [0.5, 0.6) is 0 Å². The molecule has 2 N–H and O–H groups in total. The number of rotatable bonds is 5. The predicted octanol–water partition coefficient (Wildman–Crippen LogP) is 1.51. The Hall–Kier alpha value is -1.86. The van der Waals surface area contributed by atoms with E-state index in [2.05, 4.69) is 5.32 Å². The van der Waals surface area contributed by atoms with Gasteiger partial charge in [0.05, 0.1) is 18.1 Å². The molecule has 0 amide bonds. The van der Waals surface area contributed by atoms with E-state index >= 15 is 0 Å². The van der Waals surface area contributed by atoms with Crippen LogP contribution >= 0.6 is 0 Å². The fourth-order valence-electron chi connectivity index (χ4n) is 1.32. The fourth-order valence-corrected chi connectivity index (χ4v) is 1.32. The maximum atomic E-state index is 10.4. The van der Waals surface area contributed by atoms with Crippen LogP contribution in [0.15, 0.2) is 24.3 Å². The van der Waals surface area contributed by atoms with E-state index in [9.17, 15) is 4.79 Å². The number of carboxylic acids is 1. The van der Waals surface area contributed by atoms with Crippen LogP contribution in [0.1, 0.15) is 24.5 Å². The van der Waals surface area contributed by atoms with Gasteiger partial charge in [-0.2, -0.15) is 5.26 Å². The number of benzene rings is 1. The Morgan fingerprint density at radius 2 is 2.12 bits per heavy atom. The summed E-state index contributed by atoms with van der Waals surface area (Å²) in [5, 5.41) is 20.3. The molecule has 0 spiro atoms. The lowest BCUT2D eigenvalue weighted by Crippen LogP contribution is -2.27. The van der Waals surface area contributed by atoms with Crippen molar-refractivity contribution in [3.8, 4) is 6.07 Å². The molecule has 0 aliphatic heterocycles. The minimum Gasteiger partial charge on any atom is -0.481 e. The lowest BCUT2D eigenvalue weighted by atomic mass is 10.1. The highest BCUT2D eigenvalue weighted by Gasteiger charge is 2.06. The van der Waals surface area contributed by atoms with Crippen molar-refractivity contribution in [2.24, 2.45) is 0 Å². The first kappa shape index (κ1) is 12.2. The topological polar surface area (TPSA) is 73.1 Å². The molecule has 0 fully saturated rings. The van der Waals surface area contributed by atoms with Gasteiger partial charge in [0.15, 0.2) is 0 Å². The van der Waals surface area contributed by atoms with E-state index in [0.29, 0.717) is 12.1 Å². The largest absolute Gasteiger partial charge is 0.481 e. The van der Waals surface area contributed by atoms with Gasteiger partial charge in [0.1, 0.15) is 0 Å². The summed E-state index contributed by atoms with van der Waals surface area (Å²) in [6.07, 6.45) is 0.107. The Labute approximate surface area is 94.5 Å². The molecule has 1 aromatic rings. The van der Waals surface area contributed by atoms with Gasteiger partial charge in [-0.3, -0.25) is 4.79 Å².